The predicted octanol–water partition coefficient (Wildman–Crippen LogP) is 5.92. The largest absolute Gasteiger partial charge is 0.213 e. The molecule has 2 aromatic rings. The Morgan fingerprint density at radius 1 is 1.04 bits per heavy atom. The van der Waals surface area contributed by atoms with Gasteiger partial charge in [0.2, 0.25) is 5.69 Å². The van der Waals surface area contributed by atoms with Crippen molar-refractivity contribution in [3.8, 4) is 11.3 Å². The third-order valence-corrected chi connectivity index (χ3v) is 6.34. The van der Waals surface area contributed by atoms with Crippen molar-refractivity contribution in [2.24, 2.45) is 0 Å². The van der Waals surface area contributed by atoms with E-state index in [1.165, 1.54) is 60.2 Å². The molecule has 0 amide bonds. The fourth-order valence-electron chi connectivity index (χ4n) is 4.82. The number of benzene rings is 1. The molecule has 1 nitrogen and oxygen atoms in total. The molecule has 0 saturated heterocycles. The number of unbranched alkanes of at least 4 members (excludes halogenated alkanes) is 1. The summed E-state index contributed by atoms with van der Waals surface area (Å²) in [6.07, 6.45) is 6.06. The van der Waals surface area contributed by atoms with E-state index in [0.717, 1.165) is 0 Å². The van der Waals surface area contributed by atoms with Gasteiger partial charge in [-0.05, 0) is 36.1 Å². The van der Waals surface area contributed by atoms with E-state index in [4.69, 9.17) is 0 Å². The average molecular weight is 323 g/mol. The lowest BCUT2D eigenvalue weighted by Crippen LogP contribution is -2.63. The van der Waals surface area contributed by atoms with E-state index in [1.807, 2.05) is 0 Å². The Hall–Kier alpha value is -1.63. The number of aromatic nitrogens is 1. The number of rotatable bonds is 5. The molecule has 0 saturated carbocycles. The van der Waals surface area contributed by atoms with Crippen molar-refractivity contribution in [3.05, 3.63) is 53.2 Å². The summed E-state index contributed by atoms with van der Waals surface area (Å²) in [5.74, 6) is 0.543. The van der Waals surface area contributed by atoms with Crippen LogP contribution in [0.3, 0.4) is 0 Å². The second-order valence-electron chi connectivity index (χ2n) is 7.45. The van der Waals surface area contributed by atoms with Gasteiger partial charge in [-0.25, -0.2) is 0 Å². The average Bonchev–Trinajstić information content (AvgIpc) is 2.61. The lowest BCUT2D eigenvalue weighted by molar-refractivity contribution is -0.767. The first-order chi connectivity index (χ1) is 11.6. The van der Waals surface area contributed by atoms with Crippen molar-refractivity contribution in [1.82, 2.24) is 0 Å². The van der Waals surface area contributed by atoms with Gasteiger partial charge in [-0.15, -0.1) is 0 Å². The molecule has 3 rings (SSSR count). The summed E-state index contributed by atoms with van der Waals surface area (Å²) < 4.78 is 2.64. The van der Waals surface area contributed by atoms with Crippen molar-refractivity contribution in [1.29, 1.82) is 0 Å². The van der Waals surface area contributed by atoms with Gasteiger partial charge in [-0.3, -0.25) is 0 Å². The number of fused-ring (bicyclic) bond motifs is 3. The highest BCUT2D eigenvalue weighted by Crippen LogP contribution is 2.45. The predicted molar refractivity (Wildman–Crippen MR) is 102 cm³/mol. The zero-order valence-electron chi connectivity index (χ0n) is 16.0. The van der Waals surface area contributed by atoms with Gasteiger partial charge in [-0.1, -0.05) is 46.2 Å². The van der Waals surface area contributed by atoms with Crippen LogP contribution in [0.5, 0.6) is 0 Å². The Bertz CT molecular complexity index is 725. The molecule has 0 radical (unpaired) electrons. The number of nitrogens with zero attached hydrogens (tertiary/aromatic N) is 1. The Labute approximate surface area is 147 Å². The summed E-state index contributed by atoms with van der Waals surface area (Å²) >= 11 is 0. The molecule has 0 fully saturated rings. The Balaban J connectivity index is 2.24. The van der Waals surface area contributed by atoms with Crippen LogP contribution in [0.15, 0.2) is 36.4 Å². The van der Waals surface area contributed by atoms with Gasteiger partial charge < -0.3 is 0 Å². The van der Waals surface area contributed by atoms with Crippen LogP contribution < -0.4 is 4.57 Å². The highest BCUT2D eigenvalue weighted by atomic mass is 15.1. The van der Waals surface area contributed by atoms with Gasteiger partial charge in [0, 0.05) is 37.8 Å². The minimum Gasteiger partial charge on any atom is -0.190 e. The highest BCUT2D eigenvalue weighted by molar-refractivity contribution is 5.65. The molecule has 1 unspecified atom stereocenters. The lowest BCUT2D eigenvalue weighted by Gasteiger charge is -2.39. The molecular weight excluding hydrogens is 290 g/mol. The molecule has 128 valence electrons. The molecule has 1 aromatic heterocycles. The molecule has 0 bridgehead atoms. The third kappa shape index (κ3) is 2.49. The molecule has 1 aliphatic heterocycles. The monoisotopic (exact) mass is 322 g/mol. The van der Waals surface area contributed by atoms with E-state index < -0.39 is 0 Å². The van der Waals surface area contributed by atoms with Crippen molar-refractivity contribution < 1.29 is 4.57 Å². The normalized spacial score (nSPS) is 18.1. The minimum atomic E-state index is 0.193. The van der Waals surface area contributed by atoms with Gasteiger partial charge >= 0.3 is 0 Å². The van der Waals surface area contributed by atoms with Crippen LogP contribution in [0, 0.1) is 6.92 Å². The highest BCUT2D eigenvalue weighted by Gasteiger charge is 2.49. The molecule has 1 aliphatic rings. The molecular formula is C23H32N+. The maximum atomic E-state index is 2.64. The summed E-state index contributed by atoms with van der Waals surface area (Å²) in [5, 5.41) is 0. The molecule has 0 spiro atoms. The summed E-state index contributed by atoms with van der Waals surface area (Å²) in [4.78, 5) is 0. The smallest absolute Gasteiger partial charge is 0.190 e. The second kappa shape index (κ2) is 6.70. The first kappa shape index (κ1) is 17.2. The van der Waals surface area contributed by atoms with E-state index >= 15 is 0 Å². The second-order valence-corrected chi connectivity index (χ2v) is 7.45. The zero-order chi connectivity index (χ0) is 17.3. The van der Waals surface area contributed by atoms with Gasteiger partial charge in [0.05, 0.1) is 5.56 Å². The maximum Gasteiger partial charge on any atom is 0.213 e. The third-order valence-electron chi connectivity index (χ3n) is 6.34. The van der Waals surface area contributed by atoms with Crippen LogP contribution in [0.4, 0.5) is 0 Å². The van der Waals surface area contributed by atoms with Crippen LogP contribution >= 0.6 is 0 Å². The van der Waals surface area contributed by atoms with E-state index in [9.17, 15) is 0 Å². The van der Waals surface area contributed by atoms with E-state index in [2.05, 4.69) is 75.6 Å². The van der Waals surface area contributed by atoms with Gasteiger partial charge in [0.15, 0.2) is 11.2 Å². The molecule has 1 aromatic carbocycles. The molecule has 24 heavy (non-hydrogen) atoms. The first-order valence-corrected chi connectivity index (χ1v) is 9.74. The van der Waals surface area contributed by atoms with Crippen LogP contribution in [-0.2, 0) is 12.0 Å². The Kier molecular flexibility index (Phi) is 4.80. The maximum absolute atomic E-state index is 2.64. The van der Waals surface area contributed by atoms with E-state index in [0.29, 0.717) is 5.92 Å². The summed E-state index contributed by atoms with van der Waals surface area (Å²) in [6.45, 7) is 11.7. The minimum absolute atomic E-state index is 0.193. The van der Waals surface area contributed by atoms with Crippen molar-refractivity contribution in [2.45, 2.75) is 78.2 Å². The molecule has 1 atom stereocenters. The number of pyridine rings is 1. The number of hydrogen-bond donors (Lipinski definition) is 0. The fourth-order valence-corrected chi connectivity index (χ4v) is 4.82. The van der Waals surface area contributed by atoms with Gasteiger partial charge in [0.25, 0.3) is 0 Å². The standard InChI is InChI=1S/C23H32N/c1-6-9-12-19-14-15-20-18(5)23(7-2,8-3)24-17(4)11-10-13-22(24)21(20)16-19/h10-11,13-16,18H,6-9,12H2,1-5H3/q+1. The van der Waals surface area contributed by atoms with Crippen molar-refractivity contribution in [2.75, 3.05) is 0 Å². The van der Waals surface area contributed by atoms with Crippen LogP contribution in [0.1, 0.15) is 76.1 Å². The number of aryl methyl sites for hydroxylation is 2. The topological polar surface area (TPSA) is 3.88 Å². The molecule has 0 aliphatic carbocycles. The molecule has 2 heterocycles. The molecule has 1 heteroatoms. The van der Waals surface area contributed by atoms with E-state index in [1.54, 1.807) is 0 Å². The summed E-state index contributed by atoms with van der Waals surface area (Å²) in [5.41, 5.74) is 7.45. The van der Waals surface area contributed by atoms with Crippen LogP contribution in [-0.4, -0.2) is 0 Å². The Morgan fingerprint density at radius 3 is 2.46 bits per heavy atom. The van der Waals surface area contributed by atoms with E-state index in [-0.39, 0.29) is 5.54 Å². The lowest BCUT2D eigenvalue weighted by atomic mass is 9.71. The first-order valence-electron chi connectivity index (χ1n) is 9.74. The van der Waals surface area contributed by atoms with Crippen LogP contribution in [0.25, 0.3) is 11.3 Å². The van der Waals surface area contributed by atoms with Crippen molar-refractivity contribution >= 4 is 0 Å². The number of hydrogen-bond acceptors (Lipinski definition) is 0. The zero-order valence-corrected chi connectivity index (χ0v) is 16.0. The Morgan fingerprint density at radius 2 is 1.79 bits per heavy atom. The van der Waals surface area contributed by atoms with Gasteiger partial charge in [-0.2, -0.15) is 4.57 Å². The van der Waals surface area contributed by atoms with Crippen molar-refractivity contribution in [3.63, 3.8) is 0 Å². The quantitative estimate of drug-likeness (QED) is 0.601. The molecule has 0 N–H and O–H groups in total. The van der Waals surface area contributed by atoms with Gasteiger partial charge in [0.1, 0.15) is 0 Å². The summed E-state index contributed by atoms with van der Waals surface area (Å²) in [6, 6.07) is 14.0. The van der Waals surface area contributed by atoms with Crippen LogP contribution in [0.2, 0.25) is 0 Å². The summed E-state index contributed by atoms with van der Waals surface area (Å²) in [7, 11) is 0. The fraction of sp³-hybridized carbons (Fsp3) is 0.522. The SMILES string of the molecule is CCCCc1ccc2c(c1)-c1cccc(C)[n+]1C(CC)(CC)C2C.